The zero-order valence-corrected chi connectivity index (χ0v) is 26.8. The van der Waals surface area contributed by atoms with Crippen LogP contribution < -0.4 is 16.0 Å². The number of nitrogens with two attached hydrogens (primary N) is 1. The van der Waals surface area contributed by atoms with E-state index in [0.29, 0.717) is 45.0 Å². The summed E-state index contributed by atoms with van der Waals surface area (Å²) in [6.07, 6.45) is 6.77. The number of benzene rings is 4. The normalized spacial score (nSPS) is 13.4. The maximum atomic E-state index is 12.4. The van der Waals surface area contributed by atoms with Crippen LogP contribution in [0.25, 0.3) is 5.57 Å². The van der Waals surface area contributed by atoms with E-state index in [4.69, 9.17) is 5.73 Å². The second kappa shape index (κ2) is 12.7. The second-order valence-corrected chi connectivity index (χ2v) is 14.5. The molecule has 1 aliphatic rings. The van der Waals surface area contributed by atoms with Crippen molar-refractivity contribution >= 4 is 64.4 Å². The molecule has 47 heavy (non-hydrogen) atoms. The van der Waals surface area contributed by atoms with Crippen LogP contribution >= 0.6 is 0 Å². The van der Waals surface area contributed by atoms with E-state index in [1.165, 1.54) is 48.5 Å². The van der Waals surface area contributed by atoms with Gasteiger partial charge in [0.05, 0.1) is 14.7 Å². The number of rotatable bonds is 8. The summed E-state index contributed by atoms with van der Waals surface area (Å²) in [5.74, 6) is 0. The number of hydrogen-bond acceptors (Lipinski definition) is 11. The minimum Gasteiger partial charge on any atom is -0.744 e. The predicted molar refractivity (Wildman–Crippen MR) is 172 cm³/mol. The monoisotopic (exact) mass is 691 g/mol. The molecule has 0 spiro atoms. The number of aryl methyl sites for hydroxylation is 1. The largest absolute Gasteiger partial charge is 0.744 e. The van der Waals surface area contributed by atoms with Gasteiger partial charge in [-0.15, -0.1) is 0 Å². The average molecular weight is 692 g/mol. The predicted octanol–water partition coefficient (Wildman–Crippen LogP) is 2.81. The molecule has 1 aliphatic carbocycles. The molecule has 4 aromatic rings. The van der Waals surface area contributed by atoms with Gasteiger partial charge in [0.25, 0.3) is 0 Å². The molecule has 0 saturated carbocycles. The zero-order chi connectivity index (χ0) is 34.1. The zero-order valence-electron chi connectivity index (χ0n) is 24.4. The van der Waals surface area contributed by atoms with Crippen LogP contribution in [0, 0.1) is 6.92 Å². The third-order valence-corrected chi connectivity index (χ3v) is 9.65. The van der Waals surface area contributed by atoms with Crippen molar-refractivity contribution < 1.29 is 43.9 Å². The third kappa shape index (κ3) is 7.91. The molecule has 4 aromatic carbocycles. The van der Waals surface area contributed by atoms with Crippen LogP contribution in [0.3, 0.4) is 0 Å². The number of nitrogen functional groups attached to an aromatic ring is 1. The molecular weight excluding hydrogens is 667 g/mol. The van der Waals surface area contributed by atoms with E-state index in [1.807, 2.05) is 0 Å². The quantitative estimate of drug-likeness (QED) is 0.180. The van der Waals surface area contributed by atoms with Gasteiger partial charge in [0, 0.05) is 46.9 Å². The van der Waals surface area contributed by atoms with Crippen LogP contribution in [-0.2, 0) is 30.4 Å². The molecule has 0 aliphatic heterocycles. The molecule has 0 radical (unpaired) electrons. The first kappa shape index (κ1) is 33.5. The Morgan fingerprint density at radius 2 is 1.30 bits per heavy atom. The highest BCUT2D eigenvalue weighted by atomic mass is 32.2. The van der Waals surface area contributed by atoms with E-state index < -0.39 is 40.1 Å². The van der Waals surface area contributed by atoms with Crippen molar-refractivity contribution in [1.82, 2.24) is 0 Å². The van der Waals surface area contributed by atoms with Crippen molar-refractivity contribution in [2.75, 3.05) is 11.1 Å². The molecule has 0 atom stereocenters. The van der Waals surface area contributed by atoms with Crippen molar-refractivity contribution in [2.45, 2.75) is 21.6 Å². The maximum Gasteiger partial charge on any atom is 0.204 e. The Hall–Kier alpha value is -4.90. The van der Waals surface area contributed by atoms with E-state index in [1.54, 1.807) is 61.6 Å². The summed E-state index contributed by atoms with van der Waals surface area (Å²) in [4.78, 5) is 1.81. The molecule has 15 heteroatoms. The summed E-state index contributed by atoms with van der Waals surface area (Å²) in [6.45, 7) is 1.68. The lowest BCUT2D eigenvalue weighted by atomic mass is 9.89. The Morgan fingerprint density at radius 1 is 0.681 bits per heavy atom. The fourth-order valence-electron chi connectivity index (χ4n) is 4.79. The smallest absolute Gasteiger partial charge is 0.204 e. The highest BCUT2D eigenvalue weighted by Crippen LogP contribution is 2.36. The lowest BCUT2D eigenvalue weighted by Crippen LogP contribution is -2.65. The van der Waals surface area contributed by atoms with Crippen molar-refractivity contribution in [3.05, 3.63) is 131 Å². The Kier molecular flexibility index (Phi) is 9.05. The van der Waals surface area contributed by atoms with E-state index >= 15 is 0 Å². The first-order chi connectivity index (χ1) is 22.0. The van der Waals surface area contributed by atoms with Gasteiger partial charge in [-0.25, -0.2) is 30.2 Å². The Balaban J connectivity index is 1.58. The fraction of sp³-hybridized carbons (Fsp3) is 0.0312. The first-order valence-electron chi connectivity index (χ1n) is 13.6. The molecule has 0 aromatic heterocycles. The van der Waals surface area contributed by atoms with Crippen molar-refractivity contribution in [2.24, 2.45) is 0 Å². The van der Waals surface area contributed by atoms with Crippen LogP contribution in [-0.4, -0.2) is 44.6 Å². The molecule has 5 rings (SSSR count). The summed E-state index contributed by atoms with van der Waals surface area (Å²) in [7, 11) is -14.2. The van der Waals surface area contributed by atoms with Crippen LogP contribution in [0.15, 0.2) is 129 Å². The number of allylic oxidation sites excluding steroid dienone is 5. The minimum atomic E-state index is -4.98. The SMILES string of the molecule is Cc1cc(C(=C2C=CC(=[NH+]c3ccc(S(=O)(=O)[O-])cc3)C=C2)c2ccc(Nc3cccc(S(=O)(=O)[O-])c3)cc2)c(S(=O)(=O)[O-])cc1N. The summed E-state index contributed by atoms with van der Waals surface area (Å²) in [6, 6.07) is 19.9. The van der Waals surface area contributed by atoms with Crippen LogP contribution in [0.4, 0.5) is 22.7 Å². The maximum absolute atomic E-state index is 12.4. The number of anilines is 3. The summed E-state index contributed by atoms with van der Waals surface area (Å²) >= 11 is 0. The summed E-state index contributed by atoms with van der Waals surface area (Å²) in [5.41, 5.74) is 10.2. The summed E-state index contributed by atoms with van der Waals surface area (Å²) in [5, 5.41) is 3.02. The molecule has 0 saturated heterocycles. The molecule has 0 bridgehead atoms. The molecule has 0 unspecified atom stereocenters. The first-order valence-corrected chi connectivity index (χ1v) is 17.8. The van der Waals surface area contributed by atoms with Gasteiger partial charge < -0.3 is 24.7 Å². The average Bonchev–Trinajstić information content (AvgIpc) is 2.99. The lowest BCUT2D eigenvalue weighted by molar-refractivity contribution is -0.351. The van der Waals surface area contributed by atoms with Gasteiger partial charge in [-0.1, -0.05) is 18.2 Å². The Labute approximate surface area is 271 Å². The molecule has 0 fully saturated rings. The molecule has 0 amide bonds. The van der Waals surface area contributed by atoms with Crippen molar-refractivity contribution in [1.29, 1.82) is 0 Å². The molecule has 4 N–H and O–H groups in total. The highest BCUT2D eigenvalue weighted by Gasteiger charge is 2.20. The van der Waals surface area contributed by atoms with Gasteiger partial charge in [0.1, 0.15) is 30.4 Å². The number of hydrogen-bond donors (Lipinski definition) is 3. The lowest BCUT2D eigenvalue weighted by Gasteiger charge is -2.20. The van der Waals surface area contributed by atoms with Crippen LogP contribution in [0.5, 0.6) is 0 Å². The molecule has 242 valence electrons. The Morgan fingerprint density at radius 3 is 1.87 bits per heavy atom. The van der Waals surface area contributed by atoms with E-state index in [-0.39, 0.29) is 16.1 Å². The molecule has 0 heterocycles. The van der Waals surface area contributed by atoms with Gasteiger partial charge in [-0.3, -0.25) is 0 Å². The molecule has 12 nitrogen and oxygen atoms in total. The Bertz CT molecular complexity index is 2330. The number of nitrogens with one attached hydrogen (secondary N) is 2. The van der Waals surface area contributed by atoms with Crippen LogP contribution in [0.2, 0.25) is 0 Å². The van der Waals surface area contributed by atoms with Crippen LogP contribution in [0.1, 0.15) is 16.7 Å². The minimum absolute atomic E-state index is 0.121. The van der Waals surface area contributed by atoms with Gasteiger partial charge in [0.15, 0.2) is 0 Å². The molecular formula is C32H25N3O9S3-2. The van der Waals surface area contributed by atoms with Gasteiger partial charge in [0.2, 0.25) is 11.4 Å². The van der Waals surface area contributed by atoms with Crippen molar-refractivity contribution in [3.8, 4) is 0 Å². The highest BCUT2D eigenvalue weighted by molar-refractivity contribution is 7.86. The van der Waals surface area contributed by atoms with E-state index in [2.05, 4.69) is 10.3 Å². The standard InChI is InChI=1S/C32H27N3O9S3/c1-20-17-29(31(19-30(20)33)47(42,43)44)32(21-5-9-23(10-6-21)34-25-13-15-27(16-14-25)45(36,37)38)22-7-11-24(12-8-22)35-26-3-2-4-28(18-26)46(39,40)41/h2-19,35H,33H2,1H3,(H,36,37,38)(H,39,40,41)(H,42,43,44)/p-2. The second-order valence-electron chi connectivity index (χ2n) is 10.4. The topological polar surface area (TPSA) is 224 Å². The van der Waals surface area contributed by atoms with Gasteiger partial charge in [-0.05, 0) is 95.9 Å². The third-order valence-electron chi connectivity index (χ3n) is 7.10. The van der Waals surface area contributed by atoms with Gasteiger partial charge >= 0.3 is 0 Å². The van der Waals surface area contributed by atoms with E-state index in [9.17, 15) is 38.9 Å². The van der Waals surface area contributed by atoms with E-state index in [0.717, 1.165) is 6.07 Å². The summed E-state index contributed by atoms with van der Waals surface area (Å²) < 4.78 is 105. The van der Waals surface area contributed by atoms with Gasteiger partial charge in [-0.2, -0.15) is 0 Å². The van der Waals surface area contributed by atoms with Crippen molar-refractivity contribution in [3.63, 3.8) is 0 Å². The fourth-order valence-corrected chi connectivity index (χ4v) is 6.48.